The standard InChI is InChI=1S/C2H2N8/c3-4-1-5-6-2-7-9-10-8-2/h1H,(H,7,8,9,10). The number of nitrogens with one attached hydrogen (secondary N) is 1. The molecule has 0 spiro atoms. The number of rotatable bonds is 2. The van der Waals surface area contributed by atoms with Crippen LogP contribution >= 0.6 is 0 Å². The normalized spacial score (nSPS) is 9.60. The molecule has 1 heterocycles. The number of aromatic amines is 1. The van der Waals surface area contributed by atoms with Crippen LogP contribution in [0.15, 0.2) is 10.2 Å². The molecule has 0 fully saturated rings. The monoisotopic (exact) mass is 138 g/mol. The van der Waals surface area contributed by atoms with E-state index in [1.165, 1.54) is 0 Å². The van der Waals surface area contributed by atoms with E-state index in [1.807, 2.05) is 0 Å². The fourth-order valence-electron chi connectivity index (χ4n) is 0.299. The first-order valence-corrected chi connectivity index (χ1v) is 2.23. The third-order valence-corrected chi connectivity index (χ3v) is 0.585. The topological polar surface area (TPSA) is 116 Å². The number of tetrazole rings is 1. The summed E-state index contributed by atoms with van der Waals surface area (Å²) in [5, 5.41) is 18.8. The molecule has 50 valence electrons. The summed E-state index contributed by atoms with van der Waals surface area (Å²) < 4.78 is 0. The third kappa shape index (κ3) is 1.53. The summed E-state index contributed by atoms with van der Waals surface area (Å²) in [5.41, 5.74) is 7.85. The number of hydrogen-bond acceptors (Lipinski definition) is 4. The number of azo groups is 1. The molecule has 1 aromatic rings. The molecule has 8 heteroatoms. The highest BCUT2D eigenvalue weighted by atomic mass is 15.5. The molecule has 0 aromatic carbocycles. The summed E-state index contributed by atoms with van der Waals surface area (Å²) in [4.78, 5) is 2.56. The van der Waals surface area contributed by atoms with Crippen LogP contribution < -0.4 is 0 Å². The first kappa shape index (κ1) is 6.17. The lowest BCUT2D eigenvalue weighted by molar-refractivity contribution is 0.00171. The molecule has 0 radical (unpaired) electrons. The fourth-order valence-corrected chi connectivity index (χ4v) is 0.299. The summed E-state index contributed by atoms with van der Waals surface area (Å²) in [5.74, 6) is 0.0832. The second-order valence-electron chi connectivity index (χ2n) is 1.16. The molecular formula is C2H2N8. The molecule has 0 amide bonds. The molecule has 8 nitrogen and oxygen atoms in total. The lowest BCUT2D eigenvalue weighted by Gasteiger charge is -1.62. The zero-order valence-corrected chi connectivity index (χ0v) is 4.71. The van der Waals surface area contributed by atoms with Gasteiger partial charge in [-0.05, 0) is 5.21 Å². The van der Waals surface area contributed by atoms with Gasteiger partial charge in [-0.1, -0.05) is 5.10 Å². The zero-order valence-electron chi connectivity index (χ0n) is 4.71. The molecule has 0 unspecified atom stereocenters. The Kier molecular flexibility index (Phi) is 1.95. The SMILES string of the molecule is [N-]=[N+]=CN=Nc1nn[nH]n1. The van der Waals surface area contributed by atoms with Crippen molar-refractivity contribution in [1.29, 1.82) is 0 Å². The van der Waals surface area contributed by atoms with Gasteiger partial charge in [-0.3, -0.25) is 0 Å². The predicted molar refractivity (Wildman–Crippen MR) is 28.4 cm³/mol. The zero-order chi connectivity index (χ0) is 7.23. The molecule has 1 aromatic heterocycles. The largest absolute Gasteiger partial charge is 0.498 e. The average Bonchev–Trinajstić information content (AvgIpc) is 2.41. The Hall–Kier alpha value is -1.95. The van der Waals surface area contributed by atoms with Gasteiger partial charge < -0.3 is 10.3 Å². The summed E-state index contributed by atoms with van der Waals surface area (Å²) >= 11 is 0. The Labute approximate surface area is 54.6 Å². The van der Waals surface area contributed by atoms with Crippen molar-refractivity contribution in [3.8, 4) is 0 Å². The van der Waals surface area contributed by atoms with E-state index in [-0.39, 0.29) is 5.95 Å². The second kappa shape index (κ2) is 3.15. The molecule has 0 atom stereocenters. The Bertz CT molecular complexity index is 251. The van der Waals surface area contributed by atoms with E-state index in [1.54, 1.807) is 0 Å². The van der Waals surface area contributed by atoms with Gasteiger partial charge in [-0.15, -0.1) is 5.10 Å². The highest BCUT2D eigenvalue weighted by Gasteiger charge is 1.93. The van der Waals surface area contributed by atoms with Gasteiger partial charge in [-0.25, -0.2) is 0 Å². The van der Waals surface area contributed by atoms with Gasteiger partial charge in [0, 0.05) is 5.11 Å². The Morgan fingerprint density at radius 3 is 3.20 bits per heavy atom. The van der Waals surface area contributed by atoms with E-state index in [9.17, 15) is 0 Å². The van der Waals surface area contributed by atoms with Crippen molar-refractivity contribution in [1.82, 2.24) is 20.6 Å². The van der Waals surface area contributed by atoms with Crippen LogP contribution in [0.5, 0.6) is 0 Å². The van der Waals surface area contributed by atoms with Gasteiger partial charge in [0.05, 0.1) is 5.11 Å². The van der Waals surface area contributed by atoms with Crippen molar-refractivity contribution in [2.45, 2.75) is 0 Å². The Balaban J connectivity index is 2.63. The van der Waals surface area contributed by atoms with Crippen molar-refractivity contribution in [3.63, 3.8) is 0 Å². The Morgan fingerprint density at radius 1 is 1.70 bits per heavy atom. The van der Waals surface area contributed by atoms with Gasteiger partial charge in [0.2, 0.25) is 0 Å². The minimum Gasteiger partial charge on any atom is -0.498 e. The molecule has 0 bridgehead atoms. The van der Waals surface area contributed by atoms with E-state index in [2.05, 4.69) is 35.6 Å². The van der Waals surface area contributed by atoms with E-state index < -0.39 is 0 Å². The number of hydrogen-bond donors (Lipinski definition) is 1. The highest BCUT2D eigenvalue weighted by Crippen LogP contribution is 1.94. The second-order valence-corrected chi connectivity index (χ2v) is 1.16. The summed E-state index contributed by atoms with van der Waals surface area (Å²) in [6.07, 6.45) is 0.844. The van der Waals surface area contributed by atoms with Crippen LogP contribution in [0.3, 0.4) is 0 Å². The van der Waals surface area contributed by atoms with Crippen LogP contribution in [-0.4, -0.2) is 31.8 Å². The maximum absolute atomic E-state index is 7.85. The summed E-state index contributed by atoms with van der Waals surface area (Å²) in [6, 6.07) is 0. The maximum atomic E-state index is 7.85. The Morgan fingerprint density at radius 2 is 2.60 bits per heavy atom. The van der Waals surface area contributed by atoms with Crippen molar-refractivity contribution < 1.29 is 4.79 Å². The van der Waals surface area contributed by atoms with Gasteiger partial charge in [-0.2, -0.15) is 5.21 Å². The molecule has 10 heavy (non-hydrogen) atoms. The smallest absolute Gasteiger partial charge is 0.389 e. The minimum absolute atomic E-state index is 0.0832. The highest BCUT2D eigenvalue weighted by molar-refractivity contribution is 5.47. The molecule has 0 aliphatic carbocycles. The van der Waals surface area contributed by atoms with E-state index in [0.29, 0.717) is 0 Å². The van der Waals surface area contributed by atoms with Crippen molar-refractivity contribution in [3.05, 3.63) is 5.53 Å². The van der Waals surface area contributed by atoms with Gasteiger partial charge >= 0.3 is 12.3 Å². The maximum Gasteiger partial charge on any atom is 0.389 e. The van der Waals surface area contributed by atoms with Crippen LogP contribution in [0, 0.1) is 0 Å². The van der Waals surface area contributed by atoms with Gasteiger partial charge in [0.1, 0.15) is 0 Å². The van der Waals surface area contributed by atoms with Crippen molar-refractivity contribution in [2.75, 3.05) is 0 Å². The van der Waals surface area contributed by atoms with E-state index in [4.69, 9.17) is 5.53 Å². The number of aromatic nitrogens is 4. The molecule has 0 aliphatic heterocycles. The number of nitrogens with zero attached hydrogens (tertiary/aromatic N) is 7. The van der Waals surface area contributed by atoms with Crippen LogP contribution in [0.1, 0.15) is 0 Å². The molecular weight excluding hydrogens is 136 g/mol. The third-order valence-electron chi connectivity index (χ3n) is 0.585. The van der Waals surface area contributed by atoms with Crippen LogP contribution in [0.4, 0.5) is 5.95 Å². The van der Waals surface area contributed by atoms with Crippen LogP contribution in [-0.2, 0) is 0 Å². The average molecular weight is 138 g/mol. The lowest BCUT2D eigenvalue weighted by atomic mass is 11.1. The van der Waals surface area contributed by atoms with Crippen LogP contribution in [0.25, 0.3) is 5.53 Å². The van der Waals surface area contributed by atoms with Crippen LogP contribution in [0.2, 0.25) is 0 Å². The van der Waals surface area contributed by atoms with Crippen molar-refractivity contribution >= 4 is 12.3 Å². The quantitative estimate of drug-likeness (QED) is 0.258. The van der Waals surface area contributed by atoms with Crippen molar-refractivity contribution in [2.24, 2.45) is 10.2 Å². The van der Waals surface area contributed by atoms with E-state index in [0.717, 1.165) is 6.34 Å². The predicted octanol–water partition coefficient (Wildman–Crippen LogP) is -0.459. The first-order chi connectivity index (χ1) is 4.93. The molecule has 1 rings (SSSR count). The molecule has 0 saturated heterocycles. The molecule has 0 saturated carbocycles. The van der Waals surface area contributed by atoms with Gasteiger partial charge in [0.25, 0.3) is 0 Å². The first-order valence-electron chi connectivity index (χ1n) is 2.23. The summed E-state index contributed by atoms with van der Waals surface area (Å²) in [7, 11) is 0. The summed E-state index contributed by atoms with van der Waals surface area (Å²) in [6.45, 7) is 0. The van der Waals surface area contributed by atoms with Gasteiger partial charge in [0.15, 0.2) is 0 Å². The molecule has 0 aliphatic rings. The minimum atomic E-state index is 0.0832. The lowest BCUT2D eigenvalue weighted by Crippen LogP contribution is -1.66. The molecule has 1 N–H and O–H groups in total. The fraction of sp³-hybridized carbons (Fsp3) is 0. The number of H-pyrrole nitrogens is 1. The van der Waals surface area contributed by atoms with E-state index >= 15 is 0 Å².